The van der Waals surface area contributed by atoms with Gasteiger partial charge in [-0.1, -0.05) is 13.8 Å². The number of benzene rings is 1. The highest BCUT2D eigenvalue weighted by atomic mass is 16.5. The predicted octanol–water partition coefficient (Wildman–Crippen LogP) is 2.30. The molecule has 0 bridgehead atoms. The minimum Gasteiger partial charge on any atom is -0.508 e. The van der Waals surface area contributed by atoms with Crippen LogP contribution in [-0.2, 0) is 0 Å². The van der Waals surface area contributed by atoms with E-state index in [2.05, 4.69) is 0 Å². The Morgan fingerprint density at radius 1 is 1.36 bits per heavy atom. The van der Waals surface area contributed by atoms with Crippen molar-refractivity contribution in [3.8, 4) is 11.5 Å². The van der Waals surface area contributed by atoms with E-state index < -0.39 is 0 Å². The van der Waals surface area contributed by atoms with Gasteiger partial charge in [0.2, 0.25) is 5.78 Å². The minimum atomic E-state index is -0.0203. The van der Waals surface area contributed by atoms with E-state index in [1.54, 1.807) is 13.0 Å². The van der Waals surface area contributed by atoms with Crippen molar-refractivity contribution in [2.75, 3.05) is 6.61 Å². The maximum Gasteiger partial charge on any atom is 0.203 e. The zero-order valence-electron chi connectivity index (χ0n) is 8.63. The molecule has 76 valence electrons. The summed E-state index contributed by atoms with van der Waals surface area (Å²) in [5.41, 5.74) is 1.21. The highest BCUT2D eigenvalue weighted by molar-refractivity contribution is 6.02. The lowest BCUT2D eigenvalue weighted by molar-refractivity contribution is 0.0961. The number of fused-ring (bicyclic) bond motifs is 1. The summed E-state index contributed by atoms with van der Waals surface area (Å²) in [6.07, 6.45) is 0. The van der Waals surface area contributed by atoms with Gasteiger partial charge in [0, 0.05) is 5.56 Å². The summed E-state index contributed by atoms with van der Waals surface area (Å²) >= 11 is 0. The average Bonchev–Trinajstić information content (AvgIpc) is 2.58. The Morgan fingerprint density at radius 2 is 2.00 bits per heavy atom. The van der Waals surface area contributed by atoms with E-state index in [0.717, 1.165) is 0 Å². The van der Waals surface area contributed by atoms with Crippen molar-refractivity contribution in [3.63, 3.8) is 0 Å². The number of carbonyl (C=O) groups excluding carboxylic acids is 1. The zero-order valence-corrected chi connectivity index (χ0v) is 8.63. The number of phenols is 1. The second-order valence-corrected chi connectivity index (χ2v) is 2.80. The molecule has 1 aromatic rings. The Hall–Kier alpha value is -1.51. The monoisotopic (exact) mass is 194 g/mol. The largest absolute Gasteiger partial charge is 0.508 e. The lowest BCUT2D eigenvalue weighted by Gasteiger charge is -2.03. The second-order valence-electron chi connectivity index (χ2n) is 2.80. The number of ether oxygens (including phenoxy) is 1. The molecule has 0 radical (unpaired) electrons. The van der Waals surface area contributed by atoms with Crippen molar-refractivity contribution in [3.05, 3.63) is 23.3 Å². The van der Waals surface area contributed by atoms with Crippen molar-refractivity contribution >= 4 is 5.78 Å². The molecule has 0 aromatic heterocycles. The van der Waals surface area contributed by atoms with Crippen LogP contribution >= 0.6 is 0 Å². The number of hydrogen-bond acceptors (Lipinski definition) is 3. The maximum absolute atomic E-state index is 11.1. The first-order chi connectivity index (χ1) is 6.70. The third-order valence-electron chi connectivity index (χ3n) is 2.03. The molecule has 0 amide bonds. The summed E-state index contributed by atoms with van der Waals surface area (Å²) in [5, 5.41) is 9.28. The summed E-state index contributed by atoms with van der Waals surface area (Å²) in [6, 6.07) is 3.10. The Morgan fingerprint density at radius 3 is 2.64 bits per heavy atom. The molecular formula is C11H14O3. The van der Waals surface area contributed by atoms with E-state index in [1.807, 2.05) is 13.8 Å². The lowest BCUT2D eigenvalue weighted by Crippen LogP contribution is -1.98. The van der Waals surface area contributed by atoms with Gasteiger partial charge in [-0.25, -0.2) is 0 Å². The molecule has 14 heavy (non-hydrogen) atoms. The molecule has 0 saturated heterocycles. The van der Waals surface area contributed by atoms with E-state index in [1.165, 1.54) is 6.07 Å². The molecule has 0 aliphatic carbocycles. The SMILES string of the molecule is CC.Cc1c(O)ccc2c1OCC2=O. The normalized spacial score (nSPS) is 12.6. The summed E-state index contributed by atoms with van der Waals surface area (Å²) in [5.74, 6) is 0.677. The first kappa shape index (κ1) is 10.6. The predicted molar refractivity (Wildman–Crippen MR) is 54.0 cm³/mol. The smallest absolute Gasteiger partial charge is 0.203 e. The van der Waals surface area contributed by atoms with Gasteiger partial charge in [0.15, 0.2) is 6.61 Å². The molecular weight excluding hydrogens is 180 g/mol. The number of aromatic hydroxyl groups is 1. The van der Waals surface area contributed by atoms with Gasteiger partial charge in [0.1, 0.15) is 11.5 Å². The molecule has 1 aliphatic heterocycles. The Bertz CT molecular complexity index is 356. The fourth-order valence-corrected chi connectivity index (χ4v) is 1.30. The third-order valence-corrected chi connectivity index (χ3v) is 2.03. The van der Waals surface area contributed by atoms with Gasteiger partial charge >= 0.3 is 0 Å². The van der Waals surface area contributed by atoms with E-state index >= 15 is 0 Å². The summed E-state index contributed by atoms with van der Waals surface area (Å²) in [4.78, 5) is 11.1. The van der Waals surface area contributed by atoms with E-state index in [0.29, 0.717) is 16.9 Å². The van der Waals surface area contributed by atoms with Crippen LogP contribution in [0.4, 0.5) is 0 Å². The Kier molecular flexibility index (Phi) is 3.12. The number of ketones is 1. The van der Waals surface area contributed by atoms with Crippen molar-refractivity contribution in [2.45, 2.75) is 20.8 Å². The van der Waals surface area contributed by atoms with Crippen molar-refractivity contribution in [1.29, 1.82) is 0 Å². The van der Waals surface area contributed by atoms with Crippen LogP contribution in [-0.4, -0.2) is 17.5 Å². The molecule has 0 unspecified atom stereocenters. The van der Waals surface area contributed by atoms with Crippen LogP contribution in [0.5, 0.6) is 11.5 Å². The second kappa shape index (κ2) is 4.13. The van der Waals surface area contributed by atoms with Crippen LogP contribution in [0.25, 0.3) is 0 Å². The number of hydrogen-bond donors (Lipinski definition) is 1. The van der Waals surface area contributed by atoms with Crippen LogP contribution in [0.15, 0.2) is 12.1 Å². The standard InChI is InChI=1S/C9H8O3.C2H6/c1-5-7(10)3-2-6-8(11)4-12-9(5)6;1-2/h2-3,10H,4H2,1H3;1-2H3. The van der Waals surface area contributed by atoms with Crippen LogP contribution in [0.3, 0.4) is 0 Å². The molecule has 1 N–H and O–H groups in total. The molecule has 1 heterocycles. The molecule has 0 saturated carbocycles. The molecule has 1 aromatic carbocycles. The van der Waals surface area contributed by atoms with Gasteiger partial charge in [-0.2, -0.15) is 0 Å². The molecule has 2 rings (SSSR count). The first-order valence-corrected chi connectivity index (χ1v) is 4.68. The average molecular weight is 194 g/mol. The molecule has 0 atom stereocenters. The lowest BCUT2D eigenvalue weighted by atomic mass is 10.1. The van der Waals surface area contributed by atoms with Gasteiger partial charge in [0.25, 0.3) is 0 Å². The highest BCUT2D eigenvalue weighted by Gasteiger charge is 2.23. The van der Waals surface area contributed by atoms with Gasteiger partial charge in [-0.3, -0.25) is 4.79 Å². The molecule has 3 nitrogen and oxygen atoms in total. The minimum absolute atomic E-state index is 0.0203. The highest BCUT2D eigenvalue weighted by Crippen LogP contribution is 2.34. The van der Waals surface area contributed by atoms with Crippen molar-refractivity contribution < 1.29 is 14.6 Å². The Balaban J connectivity index is 0.000000461. The van der Waals surface area contributed by atoms with Crippen LogP contribution in [0.2, 0.25) is 0 Å². The van der Waals surface area contributed by atoms with Gasteiger partial charge in [-0.05, 0) is 19.1 Å². The van der Waals surface area contributed by atoms with Crippen LogP contribution in [0.1, 0.15) is 29.8 Å². The Labute approximate surface area is 83.3 Å². The van der Waals surface area contributed by atoms with Gasteiger partial charge < -0.3 is 9.84 Å². The van der Waals surface area contributed by atoms with Crippen LogP contribution < -0.4 is 4.74 Å². The molecule has 0 fully saturated rings. The quantitative estimate of drug-likeness (QED) is 0.689. The van der Waals surface area contributed by atoms with Crippen LogP contribution in [0, 0.1) is 6.92 Å². The van der Waals surface area contributed by atoms with Gasteiger partial charge in [0.05, 0.1) is 5.56 Å². The number of carbonyl (C=O) groups is 1. The first-order valence-electron chi connectivity index (χ1n) is 4.68. The topological polar surface area (TPSA) is 46.5 Å². The number of phenolic OH excluding ortho intramolecular Hbond substituents is 1. The molecule has 3 heteroatoms. The molecule has 1 aliphatic rings. The number of Topliss-reactive ketones (excluding diaryl/α,β-unsaturated/α-hetero) is 1. The van der Waals surface area contributed by atoms with Gasteiger partial charge in [-0.15, -0.1) is 0 Å². The summed E-state index contributed by atoms with van der Waals surface area (Å²) < 4.78 is 5.11. The third kappa shape index (κ3) is 1.58. The molecule has 0 spiro atoms. The van der Waals surface area contributed by atoms with Crippen molar-refractivity contribution in [2.24, 2.45) is 0 Å². The van der Waals surface area contributed by atoms with Crippen molar-refractivity contribution in [1.82, 2.24) is 0 Å². The number of rotatable bonds is 0. The fourth-order valence-electron chi connectivity index (χ4n) is 1.30. The fraction of sp³-hybridized carbons (Fsp3) is 0.364. The zero-order chi connectivity index (χ0) is 10.7. The van der Waals surface area contributed by atoms with E-state index in [4.69, 9.17) is 4.74 Å². The summed E-state index contributed by atoms with van der Waals surface area (Å²) in [7, 11) is 0. The van der Waals surface area contributed by atoms with E-state index in [-0.39, 0.29) is 18.1 Å². The maximum atomic E-state index is 11.1. The summed E-state index contributed by atoms with van der Waals surface area (Å²) in [6.45, 7) is 5.83. The van der Waals surface area contributed by atoms with E-state index in [9.17, 15) is 9.90 Å².